The van der Waals surface area contributed by atoms with Crippen molar-refractivity contribution in [2.24, 2.45) is 5.92 Å². The van der Waals surface area contributed by atoms with Crippen LogP contribution in [0.3, 0.4) is 0 Å². The summed E-state index contributed by atoms with van der Waals surface area (Å²) in [5.41, 5.74) is 0.429. The molecule has 1 fully saturated rings. The van der Waals surface area contributed by atoms with Crippen LogP contribution in [0.2, 0.25) is 0 Å². The molecule has 6 heteroatoms. The predicted octanol–water partition coefficient (Wildman–Crippen LogP) is 2.07. The second-order valence-corrected chi connectivity index (χ2v) is 6.92. The number of nitro groups is 1. The van der Waals surface area contributed by atoms with Crippen LogP contribution in [0.5, 0.6) is 0 Å². The Morgan fingerprint density at radius 1 is 1.32 bits per heavy atom. The lowest BCUT2D eigenvalue weighted by molar-refractivity contribution is -0.527. The van der Waals surface area contributed by atoms with Gasteiger partial charge in [-0.15, -0.1) is 0 Å². The Morgan fingerprint density at radius 2 is 1.89 bits per heavy atom. The molecule has 102 valence electrons. The number of rotatable bonds is 3. The molecule has 0 saturated heterocycles. The molecule has 0 N–H and O–H groups in total. The minimum atomic E-state index is -3.61. The fraction of sp³-hybridized carbons (Fsp3) is 0.385. The molecule has 1 aromatic carbocycles. The zero-order valence-corrected chi connectivity index (χ0v) is 11.3. The van der Waals surface area contributed by atoms with Crippen LogP contribution in [-0.4, -0.2) is 24.6 Å². The number of sulfone groups is 1. The number of nitrogens with zero attached hydrogens (tertiary/aromatic N) is 1. The fourth-order valence-corrected chi connectivity index (χ4v) is 4.78. The summed E-state index contributed by atoms with van der Waals surface area (Å²) in [6.07, 6.45) is 0.130. The first-order valence-electron chi connectivity index (χ1n) is 5.96. The zero-order chi connectivity index (χ0) is 14.2. The van der Waals surface area contributed by atoms with Crippen molar-refractivity contribution >= 4 is 9.84 Å². The molecule has 0 heterocycles. The van der Waals surface area contributed by atoms with Crippen molar-refractivity contribution in [1.29, 1.82) is 0 Å². The van der Waals surface area contributed by atoms with E-state index in [4.69, 9.17) is 0 Å². The van der Waals surface area contributed by atoms with Crippen molar-refractivity contribution in [3.8, 4) is 0 Å². The van der Waals surface area contributed by atoms with E-state index in [9.17, 15) is 18.5 Å². The number of benzene rings is 1. The third kappa shape index (κ3) is 2.28. The molecule has 1 saturated carbocycles. The van der Waals surface area contributed by atoms with Gasteiger partial charge in [0.1, 0.15) is 0 Å². The molecule has 19 heavy (non-hydrogen) atoms. The predicted molar refractivity (Wildman–Crippen MR) is 71.1 cm³/mol. The van der Waals surface area contributed by atoms with Crippen LogP contribution in [0.15, 0.2) is 47.4 Å². The van der Waals surface area contributed by atoms with Gasteiger partial charge in [0.2, 0.25) is 6.04 Å². The molecular formula is C13H15NO4S. The number of hydrogen-bond acceptors (Lipinski definition) is 4. The molecule has 0 aromatic heterocycles. The van der Waals surface area contributed by atoms with Crippen LogP contribution >= 0.6 is 0 Å². The lowest BCUT2D eigenvalue weighted by Gasteiger charge is -2.17. The molecule has 0 amide bonds. The van der Waals surface area contributed by atoms with Gasteiger partial charge in [0.15, 0.2) is 9.84 Å². The van der Waals surface area contributed by atoms with E-state index in [1.54, 1.807) is 25.1 Å². The maximum absolute atomic E-state index is 12.5. The molecule has 2 rings (SSSR count). The SMILES string of the molecule is C=C1C[C@@H]([N+](=O)[O-])[C@@H](C)[C@@H]1S(=O)(=O)c1ccccc1. The molecule has 1 aliphatic rings. The van der Waals surface area contributed by atoms with E-state index in [0.29, 0.717) is 5.57 Å². The molecule has 0 bridgehead atoms. The first-order valence-corrected chi connectivity index (χ1v) is 7.50. The van der Waals surface area contributed by atoms with E-state index < -0.39 is 32.0 Å². The van der Waals surface area contributed by atoms with Gasteiger partial charge in [-0.05, 0) is 12.1 Å². The average Bonchev–Trinajstić information content (AvgIpc) is 2.66. The van der Waals surface area contributed by atoms with Gasteiger partial charge in [-0.1, -0.05) is 37.3 Å². The summed E-state index contributed by atoms with van der Waals surface area (Å²) in [4.78, 5) is 10.7. The summed E-state index contributed by atoms with van der Waals surface area (Å²) in [5.74, 6) is -0.562. The molecule has 0 radical (unpaired) electrons. The monoisotopic (exact) mass is 281 g/mol. The minimum Gasteiger partial charge on any atom is -0.264 e. The summed E-state index contributed by atoms with van der Waals surface area (Å²) in [5, 5.41) is 10.1. The first-order chi connectivity index (χ1) is 8.85. The second kappa shape index (κ2) is 4.77. The third-order valence-corrected chi connectivity index (χ3v) is 6.00. The van der Waals surface area contributed by atoms with E-state index in [1.807, 2.05) is 0 Å². The Balaban J connectivity index is 2.42. The van der Waals surface area contributed by atoms with Gasteiger partial charge in [0.25, 0.3) is 0 Å². The lowest BCUT2D eigenvalue weighted by atomic mass is 10.1. The van der Waals surface area contributed by atoms with Gasteiger partial charge in [-0.25, -0.2) is 8.42 Å². The highest BCUT2D eigenvalue weighted by Gasteiger charge is 2.49. The molecule has 0 aliphatic heterocycles. The third-order valence-electron chi connectivity index (χ3n) is 3.63. The Hall–Kier alpha value is -1.69. The van der Waals surface area contributed by atoms with Crippen LogP contribution in [0.1, 0.15) is 13.3 Å². The molecule has 0 spiro atoms. The van der Waals surface area contributed by atoms with Gasteiger partial charge in [0.05, 0.1) is 10.1 Å². The van der Waals surface area contributed by atoms with Crippen molar-refractivity contribution in [3.63, 3.8) is 0 Å². The van der Waals surface area contributed by atoms with Crippen LogP contribution in [0.4, 0.5) is 0 Å². The Kier molecular flexibility index (Phi) is 3.45. The lowest BCUT2D eigenvalue weighted by Crippen LogP contribution is -2.32. The normalized spacial score (nSPS) is 27.4. The molecular weight excluding hydrogens is 266 g/mol. The maximum Gasteiger partial charge on any atom is 0.220 e. The summed E-state index contributed by atoms with van der Waals surface area (Å²) in [7, 11) is -3.61. The first kappa shape index (κ1) is 13.7. The molecule has 5 nitrogen and oxygen atoms in total. The molecule has 3 atom stereocenters. The van der Waals surface area contributed by atoms with E-state index in [-0.39, 0.29) is 11.3 Å². The van der Waals surface area contributed by atoms with Crippen LogP contribution < -0.4 is 0 Å². The molecule has 1 aliphatic carbocycles. The average molecular weight is 281 g/mol. The van der Waals surface area contributed by atoms with Gasteiger partial charge in [-0.2, -0.15) is 0 Å². The number of hydrogen-bond donors (Lipinski definition) is 0. The van der Waals surface area contributed by atoms with Crippen LogP contribution in [-0.2, 0) is 9.84 Å². The highest BCUT2D eigenvalue weighted by atomic mass is 32.2. The second-order valence-electron chi connectivity index (χ2n) is 4.85. The van der Waals surface area contributed by atoms with Gasteiger partial charge in [-0.3, -0.25) is 10.1 Å². The summed E-state index contributed by atoms with van der Waals surface area (Å²) < 4.78 is 25.1. The van der Waals surface area contributed by atoms with Crippen molar-refractivity contribution < 1.29 is 13.3 Å². The topological polar surface area (TPSA) is 77.3 Å². The highest BCUT2D eigenvalue weighted by molar-refractivity contribution is 7.92. The Morgan fingerprint density at radius 3 is 2.37 bits per heavy atom. The summed E-state index contributed by atoms with van der Waals surface area (Å²) in [6, 6.07) is 7.16. The summed E-state index contributed by atoms with van der Waals surface area (Å²) in [6.45, 7) is 5.33. The Labute approximate surface area is 112 Å². The van der Waals surface area contributed by atoms with Crippen molar-refractivity contribution in [2.75, 3.05) is 0 Å². The van der Waals surface area contributed by atoms with Gasteiger partial charge < -0.3 is 0 Å². The van der Waals surface area contributed by atoms with Crippen molar-refractivity contribution in [3.05, 3.63) is 52.6 Å². The minimum absolute atomic E-state index is 0.130. The smallest absolute Gasteiger partial charge is 0.220 e. The van der Waals surface area contributed by atoms with Gasteiger partial charge >= 0.3 is 0 Å². The van der Waals surface area contributed by atoms with E-state index in [1.165, 1.54) is 12.1 Å². The largest absolute Gasteiger partial charge is 0.264 e. The van der Waals surface area contributed by atoms with Crippen LogP contribution in [0, 0.1) is 16.0 Å². The highest BCUT2D eigenvalue weighted by Crippen LogP contribution is 2.38. The standard InChI is InChI=1S/C13H15NO4S/c1-9-8-12(14(15)16)10(2)13(9)19(17,18)11-6-4-3-5-7-11/h3-7,10,12-13H,1,8H2,2H3/t10-,12-,13-/m1/s1. The fourth-order valence-electron chi connectivity index (χ4n) is 2.67. The summed E-state index contributed by atoms with van der Waals surface area (Å²) >= 11 is 0. The van der Waals surface area contributed by atoms with Crippen molar-refractivity contribution in [1.82, 2.24) is 0 Å². The van der Waals surface area contributed by atoms with E-state index in [0.717, 1.165) is 0 Å². The van der Waals surface area contributed by atoms with Crippen molar-refractivity contribution in [2.45, 2.75) is 29.5 Å². The quantitative estimate of drug-likeness (QED) is 0.483. The van der Waals surface area contributed by atoms with E-state index in [2.05, 4.69) is 6.58 Å². The molecule has 0 unspecified atom stereocenters. The molecule has 1 aromatic rings. The zero-order valence-electron chi connectivity index (χ0n) is 10.5. The van der Waals surface area contributed by atoms with Gasteiger partial charge in [0, 0.05) is 17.3 Å². The van der Waals surface area contributed by atoms with E-state index >= 15 is 0 Å². The Bertz CT molecular complexity index is 609. The van der Waals surface area contributed by atoms with Crippen LogP contribution in [0.25, 0.3) is 0 Å². The maximum atomic E-state index is 12.5.